The minimum Gasteiger partial charge on any atom is -0.484 e. The molecule has 1 aromatic heterocycles. The van der Waals surface area contributed by atoms with Crippen LogP contribution in [-0.2, 0) is 6.61 Å². The lowest BCUT2D eigenvalue weighted by Crippen LogP contribution is -1.98. The maximum absolute atomic E-state index is 9.71. The van der Waals surface area contributed by atoms with Gasteiger partial charge in [-0.2, -0.15) is 4.98 Å². The lowest BCUT2D eigenvalue weighted by atomic mass is 10.1. The van der Waals surface area contributed by atoms with Gasteiger partial charge >= 0.3 is 0 Å². The third kappa shape index (κ3) is 2.99. The van der Waals surface area contributed by atoms with Crippen molar-refractivity contribution in [2.24, 2.45) is 0 Å². The van der Waals surface area contributed by atoms with E-state index in [1.165, 1.54) is 0 Å². The molecule has 0 unspecified atom stereocenters. The summed E-state index contributed by atoms with van der Waals surface area (Å²) in [6.07, 6.45) is 2.59. The maximum atomic E-state index is 9.71. The number of nitrogens with zero attached hydrogens (tertiary/aromatic N) is 2. The van der Waals surface area contributed by atoms with E-state index in [2.05, 4.69) is 10.1 Å². The fourth-order valence-corrected chi connectivity index (χ4v) is 2.00. The van der Waals surface area contributed by atoms with Gasteiger partial charge in [0.05, 0.1) is 6.10 Å². The van der Waals surface area contributed by atoms with Crippen LogP contribution in [0.3, 0.4) is 0 Å². The number of hydrogen-bond acceptors (Lipinski definition) is 5. The summed E-state index contributed by atoms with van der Waals surface area (Å²) in [6.45, 7) is 2.22. The monoisotopic (exact) mass is 274 g/mol. The molecular formula is C15H18N2O3. The van der Waals surface area contributed by atoms with E-state index in [9.17, 15) is 5.11 Å². The van der Waals surface area contributed by atoms with E-state index in [1.807, 2.05) is 31.2 Å². The van der Waals surface area contributed by atoms with Crippen LogP contribution in [0, 0.1) is 0 Å². The second kappa shape index (κ2) is 5.63. The van der Waals surface area contributed by atoms with Crippen molar-refractivity contribution < 1.29 is 14.4 Å². The minimum atomic E-state index is -0.416. The van der Waals surface area contributed by atoms with Gasteiger partial charge < -0.3 is 14.4 Å². The molecule has 0 amide bonds. The van der Waals surface area contributed by atoms with Crippen LogP contribution in [-0.4, -0.2) is 15.2 Å². The maximum Gasteiger partial charge on any atom is 0.264 e. The molecule has 0 saturated heterocycles. The van der Waals surface area contributed by atoms with E-state index in [4.69, 9.17) is 9.26 Å². The number of ether oxygens (including phenoxy) is 1. The summed E-state index contributed by atoms with van der Waals surface area (Å²) in [5.74, 6) is 2.51. The highest BCUT2D eigenvalue weighted by molar-refractivity contribution is 5.28. The van der Waals surface area contributed by atoms with Crippen LogP contribution < -0.4 is 4.74 Å². The highest BCUT2D eigenvalue weighted by atomic mass is 16.5. The molecule has 5 nitrogen and oxygen atoms in total. The van der Waals surface area contributed by atoms with Gasteiger partial charge in [-0.3, -0.25) is 0 Å². The summed E-state index contributed by atoms with van der Waals surface area (Å²) in [6, 6.07) is 7.42. The molecular weight excluding hydrogens is 256 g/mol. The van der Waals surface area contributed by atoms with Crippen LogP contribution in [0.1, 0.15) is 55.5 Å². The van der Waals surface area contributed by atoms with Crippen molar-refractivity contribution in [3.8, 4) is 5.75 Å². The molecule has 0 bridgehead atoms. The largest absolute Gasteiger partial charge is 0.484 e. The molecule has 1 saturated carbocycles. The number of aliphatic hydroxyl groups excluding tert-OH is 1. The van der Waals surface area contributed by atoms with Gasteiger partial charge in [-0.1, -0.05) is 24.2 Å². The lowest BCUT2D eigenvalue weighted by Gasteiger charge is -2.09. The van der Waals surface area contributed by atoms with Gasteiger partial charge in [0.1, 0.15) is 5.75 Å². The highest BCUT2D eigenvalue weighted by Gasteiger charge is 2.28. The molecule has 3 rings (SSSR count). The van der Waals surface area contributed by atoms with Crippen LogP contribution in [0.2, 0.25) is 0 Å². The van der Waals surface area contributed by atoms with E-state index in [-0.39, 0.29) is 6.61 Å². The molecule has 1 N–H and O–H groups in total. The average molecular weight is 274 g/mol. The molecule has 1 fully saturated rings. The summed E-state index contributed by atoms with van der Waals surface area (Å²) < 4.78 is 10.7. The number of aliphatic hydroxyl groups is 1. The molecule has 2 aromatic rings. The first-order valence-corrected chi connectivity index (χ1v) is 6.99. The molecule has 20 heavy (non-hydrogen) atoms. The number of aromatic nitrogens is 2. The fraction of sp³-hybridized carbons (Fsp3) is 0.467. The average Bonchev–Trinajstić information content (AvgIpc) is 3.24. The molecule has 106 valence electrons. The van der Waals surface area contributed by atoms with Crippen molar-refractivity contribution in [1.82, 2.24) is 10.1 Å². The van der Waals surface area contributed by atoms with Gasteiger partial charge in [0.2, 0.25) is 0 Å². The number of hydrogen-bond donors (Lipinski definition) is 1. The second-order valence-corrected chi connectivity index (χ2v) is 5.10. The minimum absolute atomic E-state index is 0.273. The van der Waals surface area contributed by atoms with Gasteiger partial charge in [-0.25, -0.2) is 0 Å². The highest BCUT2D eigenvalue weighted by Crippen LogP contribution is 2.38. The Kier molecular flexibility index (Phi) is 3.69. The first-order valence-electron chi connectivity index (χ1n) is 6.99. The van der Waals surface area contributed by atoms with Crippen molar-refractivity contribution in [2.75, 3.05) is 0 Å². The van der Waals surface area contributed by atoms with Gasteiger partial charge in [0.25, 0.3) is 5.89 Å². The van der Waals surface area contributed by atoms with Crippen LogP contribution in [0.5, 0.6) is 5.75 Å². The summed E-state index contributed by atoms with van der Waals surface area (Å²) >= 11 is 0. The molecule has 1 heterocycles. The molecule has 1 atom stereocenters. The van der Waals surface area contributed by atoms with E-state index in [0.29, 0.717) is 18.2 Å². The van der Waals surface area contributed by atoms with Crippen molar-refractivity contribution in [3.05, 3.63) is 41.5 Å². The summed E-state index contributed by atoms with van der Waals surface area (Å²) in [4.78, 5) is 4.30. The number of benzene rings is 1. The Balaban J connectivity index is 1.57. The van der Waals surface area contributed by atoms with Crippen LogP contribution >= 0.6 is 0 Å². The lowest BCUT2D eigenvalue weighted by molar-refractivity contribution is 0.173. The third-order valence-electron chi connectivity index (χ3n) is 3.44. The molecule has 5 heteroatoms. The molecule has 0 aliphatic heterocycles. The van der Waals surface area contributed by atoms with Crippen molar-refractivity contribution in [2.45, 2.75) is 44.8 Å². The zero-order valence-corrected chi connectivity index (χ0v) is 11.5. The van der Waals surface area contributed by atoms with Crippen molar-refractivity contribution in [1.29, 1.82) is 0 Å². The zero-order chi connectivity index (χ0) is 13.9. The standard InChI is InChI=1S/C15H18N2O3/c1-2-13(18)10-5-7-12(8-6-10)19-9-14-16-15(17-20-14)11-3-4-11/h5-8,11,13,18H,2-4,9H2,1H3/t13-/m1/s1. The second-order valence-electron chi connectivity index (χ2n) is 5.10. The van der Waals surface area contributed by atoms with Crippen molar-refractivity contribution >= 4 is 0 Å². The van der Waals surface area contributed by atoms with Gasteiger partial charge in [-0.15, -0.1) is 0 Å². The quantitative estimate of drug-likeness (QED) is 0.877. The molecule has 1 aliphatic rings. The summed E-state index contributed by atoms with van der Waals surface area (Å²) in [5, 5.41) is 13.7. The summed E-state index contributed by atoms with van der Waals surface area (Å²) in [7, 11) is 0. The van der Waals surface area contributed by atoms with Gasteiger partial charge in [-0.05, 0) is 37.0 Å². The van der Waals surface area contributed by atoms with Crippen molar-refractivity contribution in [3.63, 3.8) is 0 Å². The van der Waals surface area contributed by atoms with E-state index < -0.39 is 6.10 Å². The van der Waals surface area contributed by atoms with Crippen LogP contribution in [0.4, 0.5) is 0 Å². The van der Waals surface area contributed by atoms with E-state index in [0.717, 1.165) is 30.0 Å². The Hall–Kier alpha value is -1.88. The topological polar surface area (TPSA) is 68.4 Å². The molecule has 1 aromatic carbocycles. The predicted molar refractivity (Wildman–Crippen MR) is 72.3 cm³/mol. The SMILES string of the molecule is CC[C@@H](O)c1ccc(OCc2nc(C3CC3)no2)cc1. The van der Waals surface area contributed by atoms with Crippen LogP contribution in [0.15, 0.2) is 28.8 Å². The Morgan fingerprint density at radius 2 is 2.10 bits per heavy atom. The molecule has 0 spiro atoms. The Labute approximate surface area is 117 Å². The Morgan fingerprint density at radius 3 is 2.75 bits per heavy atom. The van der Waals surface area contributed by atoms with Crippen LogP contribution in [0.25, 0.3) is 0 Å². The predicted octanol–water partition coefficient (Wildman–Crippen LogP) is 2.97. The normalized spacial score (nSPS) is 16.1. The van der Waals surface area contributed by atoms with E-state index in [1.54, 1.807) is 0 Å². The third-order valence-corrected chi connectivity index (χ3v) is 3.44. The first-order chi connectivity index (χ1) is 9.76. The van der Waals surface area contributed by atoms with Gasteiger partial charge in [0, 0.05) is 5.92 Å². The van der Waals surface area contributed by atoms with E-state index >= 15 is 0 Å². The molecule has 1 aliphatic carbocycles. The first kappa shape index (κ1) is 13.1. The number of rotatable bonds is 6. The summed E-state index contributed by atoms with van der Waals surface area (Å²) in [5.41, 5.74) is 0.897. The molecule has 0 radical (unpaired) electrons. The Bertz CT molecular complexity index is 561. The zero-order valence-electron chi connectivity index (χ0n) is 11.5. The smallest absolute Gasteiger partial charge is 0.264 e. The van der Waals surface area contributed by atoms with Gasteiger partial charge in [0.15, 0.2) is 12.4 Å². The fourth-order valence-electron chi connectivity index (χ4n) is 2.00. The Morgan fingerprint density at radius 1 is 1.35 bits per heavy atom.